The molecule has 0 spiro atoms. The van der Waals surface area contributed by atoms with E-state index in [1.807, 2.05) is 19.1 Å². The fourth-order valence-corrected chi connectivity index (χ4v) is 1.73. The van der Waals surface area contributed by atoms with Crippen molar-refractivity contribution in [1.82, 2.24) is 4.98 Å². The number of nitrogens with zero attached hydrogens (tertiary/aromatic N) is 1. The van der Waals surface area contributed by atoms with Gasteiger partial charge >= 0.3 is 0 Å². The topological polar surface area (TPSA) is 51.2 Å². The Morgan fingerprint density at radius 2 is 2.40 bits per heavy atom. The molecule has 84 valence electrons. The highest BCUT2D eigenvalue weighted by atomic mass is 32.2. The van der Waals surface area contributed by atoms with E-state index in [4.69, 9.17) is 4.74 Å². The van der Waals surface area contributed by atoms with Gasteiger partial charge in [-0.15, -0.1) is 0 Å². The van der Waals surface area contributed by atoms with Crippen molar-refractivity contribution >= 4 is 16.6 Å². The summed E-state index contributed by atoms with van der Waals surface area (Å²) < 4.78 is 16.3. The van der Waals surface area contributed by atoms with Gasteiger partial charge in [-0.25, -0.2) is 4.98 Å². The maximum absolute atomic E-state index is 11.2. The fraction of sp³-hybridized carbons (Fsp3) is 0.500. The molecule has 0 saturated heterocycles. The summed E-state index contributed by atoms with van der Waals surface area (Å²) >= 11 is 0. The molecule has 1 atom stereocenters. The minimum absolute atomic E-state index is 0.635. The number of nitrogens with one attached hydrogen (secondary N) is 1. The average Bonchev–Trinajstić information content (AvgIpc) is 2.29. The van der Waals surface area contributed by atoms with Gasteiger partial charge in [-0.1, -0.05) is 6.92 Å². The molecule has 0 aliphatic rings. The van der Waals surface area contributed by atoms with E-state index in [0.29, 0.717) is 29.6 Å². The second kappa shape index (κ2) is 6.40. The second-order valence-electron chi connectivity index (χ2n) is 2.91. The molecular formula is C10H16N2O2S. The molecule has 1 N–H and O–H groups in total. The van der Waals surface area contributed by atoms with E-state index in [9.17, 15) is 4.21 Å². The van der Waals surface area contributed by atoms with Gasteiger partial charge in [0.15, 0.2) is 11.6 Å². The average molecular weight is 228 g/mol. The summed E-state index contributed by atoms with van der Waals surface area (Å²) in [7, 11) is 0.863. The third-order valence-electron chi connectivity index (χ3n) is 1.93. The third-order valence-corrected chi connectivity index (χ3v) is 3.24. The second-order valence-corrected chi connectivity index (χ2v) is 4.78. The Bertz CT molecular complexity index is 331. The smallest absolute Gasteiger partial charge is 0.168 e. The minimum Gasteiger partial charge on any atom is -0.493 e. The largest absolute Gasteiger partial charge is 0.493 e. The molecule has 0 aromatic carbocycles. The van der Waals surface area contributed by atoms with Crippen LogP contribution in [0.3, 0.4) is 0 Å². The Morgan fingerprint density at radius 1 is 1.60 bits per heavy atom. The van der Waals surface area contributed by atoms with E-state index in [2.05, 4.69) is 10.3 Å². The van der Waals surface area contributed by atoms with Gasteiger partial charge in [-0.05, 0) is 12.1 Å². The first-order chi connectivity index (χ1) is 7.27. The maximum atomic E-state index is 11.2. The molecule has 1 heterocycles. The van der Waals surface area contributed by atoms with Crippen molar-refractivity contribution in [3.63, 3.8) is 0 Å². The summed E-state index contributed by atoms with van der Waals surface area (Å²) in [6, 6.07) is 3.65. The van der Waals surface area contributed by atoms with Crippen LogP contribution >= 0.6 is 0 Å². The van der Waals surface area contributed by atoms with E-state index >= 15 is 0 Å². The molecule has 0 aliphatic heterocycles. The molecule has 15 heavy (non-hydrogen) atoms. The van der Waals surface area contributed by atoms with Crippen LogP contribution < -0.4 is 10.1 Å². The maximum Gasteiger partial charge on any atom is 0.168 e. The number of hydrogen-bond donors (Lipinski definition) is 1. The van der Waals surface area contributed by atoms with Crippen LogP contribution in [0.4, 0.5) is 5.82 Å². The van der Waals surface area contributed by atoms with E-state index in [0.717, 1.165) is 0 Å². The Balaban J connectivity index is 2.46. The van der Waals surface area contributed by atoms with Crippen molar-refractivity contribution in [3.05, 3.63) is 18.3 Å². The van der Waals surface area contributed by atoms with Crippen LogP contribution in [0.15, 0.2) is 18.3 Å². The molecule has 1 aromatic rings. The summed E-state index contributed by atoms with van der Waals surface area (Å²) in [5, 5.41) is 3.10. The van der Waals surface area contributed by atoms with Crippen molar-refractivity contribution in [3.8, 4) is 5.75 Å². The molecule has 0 saturated carbocycles. The van der Waals surface area contributed by atoms with Crippen molar-refractivity contribution in [2.24, 2.45) is 0 Å². The number of rotatable bonds is 6. The van der Waals surface area contributed by atoms with Gasteiger partial charge in [0.25, 0.3) is 0 Å². The number of hydrogen-bond acceptors (Lipinski definition) is 4. The zero-order valence-corrected chi connectivity index (χ0v) is 9.84. The van der Waals surface area contributed by atoms with Crippen LogP contribution in [-0.2, 0) is 10.8 Å². The Labute approximate surface area is 92.5 Å². The number of anilines is 1. The molecule has 5 heteroatoms. The lowest BCUT2D eigenvalue weighted by atomic mass is 10.4. The molecule has 0 aliphatic carbocycles. The van der Waals surface area contributed by atoms with Gasteiger partial charge in [-0.3, -0.25) is 4.21 Å². The predicted molar refractivity (Wildman–Crippen MR) is 62.8 cm³/mol. The lowest BCUT2D eigenvalue weighted by molar-refractivity contribution is 0.415. The lowest BCUT2D eigenvalue weighted by Gasteiger charge is -2.08. The first-order valence-corrected chi connectivity index (χ1v) is 6.34. The number of pyridine rings is 1. The highest BCUT2D eigenvalue weighted by molar-refractivity contribution is 7.84. The fourth-order valence-electron chi connectivity index (χ4n) is 1.12. The molecule has 1 rings (SSSR count). The van der Waals surface area contributed by atoms with Crippen LogP contribution in [0.5, 0.6) is 5.75 Å². The molecular weight excluding hydrogens is 212 g/mol. The first-order valence-electron chi connectivity index (χ1n) is 4.85. The standard InChI is InChI=1S/C10H16N2O2S/c1-3-15(13)8-7-12-10-9(14-2)5-4-6-11-10/h4-6H,3,7-8H2,1-2H3,(H,11,12). The molecule has 1 aromatic heterocycles. The highest BCUT2D eigenvalue weighted by Gasteiger charge is 2.02. The normalized spacial score (nSPS) is 12.1. The van der Waals surface area contributed by atoms with E-state index in [-0.39, 0.29) is 0 Å². The Kier molecular flexibility index (Phi) is 5.10. The minimum atomic E-state index is -0.740. The summed E-state index contributed by atoms with van der Waals surface area (Å²) in [6.07, 6.45) is 1.70. The molecule has 0 fully saturated rings. The first kappa shape index (κ1) is 12.0. The van der Waals surface area contributed by atoms with Crippen molar-refractivity contribution in [2.45, 2.75) is 6.92 Å². The van der Waals surface area contributed by atoms with Crippen LogP contribution in [-0.4, -0.2) is 34.4 Å². The van der Waals surface area contributed by atoms with E-state index < -0.39 is 10.8 Å². The van der Waals surface area contributed by atoms with Crippen LogP contribution in [0.1, 0.15) is 6.92 Å². The summed E-state index contributed by atoms with van der Waals surface area (Å²) in [6.45, 7) is 2.56. The summed E-state index contributed by atoms with van der Waals surface area (Å²) in [5.74, 6) is 2.74. The van der Waals surface area contributed by atoms with Gasteiger partial charge in [0, 0.05) is 35.0 Å². The SMILES string of the molecule is CCS(=O)CCNc1ncccc1OC. The van der Waals surface area contributed by atoms with Gasteiger partial charge in [0.05, 0.1) is 7.11 Å². The van der Waals surface area contributed by atoms with Crippen LogP contribution in [0.2, 0.25) is 0 Å². The Morgan fingerprint density at radius 3 is 3.07 bits per heavy atom. The van der Waals surface area contributed by atoms with Crippen LogP contribution in [0.25, 0.3) is 0 Å². The molecule has 0 bridgehead atoms. The lowest BCUT2D eigenvalue weighted by Crippen LogP contribution is -2.13. The van der Waals surface area contributed by atoms with Crippen molar-refractivity contribution < 1.29 is 8.95 Å². The van der Waals surface area contributed by atoms with Crippen molar-refractivity contribution in [1.29, 1.82) is 0 Å². The predicted octanol–water partition coefficient (Wildman–Crippen LogP) is 1.27. The zero-order chi connectivity index (χ0) is 11.1. The monoisotopic (exact) mass is 228 g/mol. The Hall–Kier alpha value is -1.10. The quantitative estimate of drug-likeness (QED) is 0.796. The molecule has 1 unspecified atom stereocenters. The van der Waals surface area contributed by atoms with Gasteiger partial charge in [-0.2, -0.15) is 0 Å². The summed E-state index contributed by atoms with van der Waals surface area (Å²) in [4.78, 5) is 4.14. The zero-order valence-electron chi connectivity index (χ0n) is 9.03. The van der Waals surface area contributed by atoms with E-state index in [1.54, 1.807) is 13.3 Å². The van der Waals surface area contributed by atoms with Gasteiger partial charge < -0.3 is 10.1 Å². The van der Waals surface area contributed by atoms with E-state index in [1.165, 1.54) is 0 Å². The third kappa shape index (κ3) is 3.87. The number of methoxy groups -OCH3 is 1. The number of aromatic nitrogens is 1. The number of ether oxygens (including phenoxy) is 1. The molecule has 0 radical (unpaired) electrons. The molecule has 4 nitrogen and oxygen atoms in total. The van der Waals surface area contributed by atoms with Gasteiger partial charge in [0.1, 0.15) is 0 Å². The van der Waals surface area contributed by atoms with Gasteiger partial charge in [0.2, 0.25) is 0 Å². The highest BCUT2D eigenvalue weighted by Crippen LogP contribution is 2.19. The van der Waals surface area contributed by atoms with Crippen molar-refractivity contribution in [2.75, 3.05) is 30.5 Å². The molecule has 0 amide bonds. The van der Waals surface area contributed by atoms with Crippen LogP contribution in [0, 0.1) is 0 Å². The summed E-state index contributed by atoms with van der Waals surface area (Å²) in [5.41, 5.74) is 0.